The molecule has 2 rings (SSSR count). The normalized spacial score (nSPS) is 22.9. The van der Waals surface area contributed by atoms with Gasteiger partial charge in [0.05, 0.1) is 27.2 Å². The minimum Gasteiger partial charge on any atom is -0.377 e. The predicted molar refractivity (Wildman–Crippen MR) is 76.9 cm³/mol. The lowest BCUT2D eigenvalue weighted by Crippen LogP contribution is -2.18. The number of rotatable bonds is 4. The van der Waals surface area contributed by atoms with E-state index < -0.39 is 10.8 Å². The van der Waals surface area contributed by atoms with Crippen LogP contribution in [0.3, 0.4) is 0 Å². The predicted octanol–water partition coefficient (Wildman–Crippen LogP) is 3.98. The van der Waals surface area contributed by atoms with Gasteiger partial charge in [0, 0.05) is 17.4 Å². The Kier molecular flexibility index (Phi) is 5.07. The first-order chi connectivity index (χ1) is 8.58. The van der Waals surface area contributed by atoms with Gasteiger partial charge in [0.15, 0.2) is 0 Å². The zero-order chi connectivity index (χ0) is 13.1. The van der Waals surface area contributed by atoms with Crippen LogP contribution >= 0.6 is 23.2 Å². The first-order valence-corrected chi connectivity index (χ1v) is 8.15. The highest BCUT2D eigenvalue weighted by molar-refractivity contribution is 7.85. The van der Waals surface area contributed by atoms with Crippen LogP contribution in [-0.4, -0.2) is 22.7 Å². The summed E-state index contributed by atoms with van der Waals surface area (Å²) in [6, 6.07) is 5.42. The number of ether oxygens (including phenoxy) is 1. The van der Waals surface area contributed by atoms with Gasteiger partial charge in [0.2, 0.25) is 0 Å². The lowest BCUT2D eigenvalue weighted by Gasteiger charge is -2.15. The second-order valence-corrected chi connectivity index (χ2v) is 7.11. The second-order valence-electron chi connectivity index (χ2n) is 4.50. The molecule has 2 nitrogen and oxygen atoms in total. The number of halogens is 2. The van der Waals surface area contributed by atoms with E-state index in [-0.39, 0.29) is 11.4 Å². The fraction of sp³-hybridized carbons (Fsp3) is 0.538. The van der Waals surface area contributed by atoms with Crippen LogP contribution in [0.1, 0.15) is 30.6 Å². The maximum atomic E-state index is 12.3. The molecule has 1 saturated heterocycles. The number of hydrogen-bond donors (Lipinski definition) is 0. The molecule has 0 bridgehead atoms. The molecular weight excluding hydrogens is 291 g/mol. The van der Waals surface area contributed by atoms with Gasteiger partial charge < -0.3 is 4.74 Å². The van der Waals surface area contributed by atoms with Crippen LogP contribution in [0.4, 0.5) is 0 Å². The van der Waals surface area contributed by atoms with Crippen molar-refractivity contribution in [3.63, 3.8) is 0 Å². The van der Waals surface area contributed by atoms with Crippen molar-refractivity contribution in [2.24, 2.45) is 0 Å². The summed E-state index contributed by atoms with van der Waals surface area (Å²) in [7, 11) is -0.947. The van der Waals surface area contributed by atoms with Gasteiger partial charge in [-0.3, -0.25) is 4.21 Å². The highest BCUT2D eigenvalue weighted by Gasteiger charge is 2.22. The molecule has 0 spiro atoms. The molecule has 1 heterocycles. The average molecular weight is 307 g/mol. The summed E-state index contributed by atoms with van der Waals surface area (Å²) in [5.74, 6) is 0.599. The first-order valence-electron chi connectivity index (χ1n) is 6.01. The van der Waals surface area contributed by atoms with E-state index in [9.17, 15) is 4.21 Å². The maximum Gasteiger partial charge on any atom is 0.0691 e. The van der Waals surface area contributed by atoms with Gasteiger partial charge in [0.25, 0.3) is 0 Å². The van der Waals surface area contributed by atoms with Crippen LogP contribution in [0.15, 0.2) is 18.2 Å². The molecule has 1 aliphatic heterocycles. The van der Waals surface area contributed by atoms with Crippen molar-refractivity contribution in [2.75, 3.05) is 12.4 Å². The quantitative estimate of drug-likeness (QED) is 0.841. The summed E-state index contributed by atoms with van der Waals surface area (Å²) in [5, 5.41) is 0.983. The minimum atomic E-state index is -0.947. The zero-order valence-electron chi connectivity index (χ0n) is 10.2. The Bertz CT molecular complexity index is 445. The summed E-state index contributed by atoms with van der Waals surface area (Å²) in [6.07, 6.45) is 2.24. The monoisotopic (exact) mass is 306 g/mol. The first kappa shape index (κ1) is 14.3. The zero-order valence-corrected chi connectivity index (χ0v) is 12.5. The molecular formula is C13H16Cl2O2S. The van der Waals surface area contributed by atoms with Crippen LogP contribution in [0.25, 0.3) is 0 Å². The summed E-state index contributed by atoms with van der Waals surface area (Å²) >= 11 is 11.9. The Labute approximate surface area is 120 Å². The third kappa shape index (κ3) is 3.47. The molecule has 100 valence electrons. The van der Waals surface area contributed by atoms with Gasteiger partial charge in [-0.05, 0) is 37.5 Å². The van der Waals surface area contributed by atoms with Crippen molar-refractivity contribution in [1.29, 1.82) is 0 Å². The van der Waals surface area contributed by atoms with Crippen LogP contribution < -0.4 is 0 Å². The van der Waals surface area contributed by atoms with Crippen molar-refractivity contribution >= 4 is 34.0 Å². The van der Waals surface area contributed by atoms with Crippen LogP contribution in [0.5, 0.6) is 0 Å². The molecule has 1 aliphatic rings. The second kappa shape index (κ2) is 6.38. The summed E-state index contributed by atoms with van der Waals surface area (Å²) in [4.78, 5) is 0. The van der Waals surface area contributed by atoms with E-state index in [4.69, 9.17) is 27.9 Å². The molecule has 0 unspecified atom stereocenters. The number of hydrogen-bond acceptors (Lipinski definition) is 2. The molecule has 3 atom stereocenters. The smallest absolute Gasteiger partial charge is 0.0691 e. The van der Waals surface area contributed by atoms with Gasteiger partial charge in [-0.1, -0.05) is 29.3 Å². The van der Waals surface area contributed by atoms with Crippen molar-refractivity contribution < 1.29 is 8.95 Å². The molecule has 18 heavy (non-hydrogen) atoms. The van der Waals surface area contributed by atoms with Crippen LogP contribution in [-0.2, 0) is 15.5 Å². The van der Waals surface area contributed by atoms with Gasteiger partial charge >= 0.3 is 0 Å². The van der Waals surface area contributed by atoms with E-state index in [0.29, 0.717) is 15.8 Å². The van der Waals surface area contributed by atoms with Gasteiger partial charge in [-0.15, -0.1) is 0 Å². The third-order valence-electron chi connectivity index (χ3n) is 3.18. The molecule has 1 fully saturated rings. The Morgan fingerprint density at radius 1 is 1.44 bits per heavy atom. The van der Waals surface area contributed by atoms with E-state index in [1.807, 2.05) is 13.0 Å². The Hall–Kier alpha value is -0.0900. The van der Waals surface area contributed by atoms with Crippen molar-refractivity contribution in [3.05, 3.63) is 33.8 Å². The largest absolute Gasteiger partial charge is 0.377 e. The minimum absolute atomic E-state index is 0.0519. The van der Waals surface area contributed by atoms with Crippen LogP contribution in [0, 0.1) is 0 Å². The highest BCUT2D eigenvalue weighted by atomic mass is 35.5. The molecule has 0 N–H and O–H groups in total. The number of benzene rings is 1. The van der Waals surface area contributed by atoms with Gasteiger partial charge in [-0.25, -0.2) is 0 Å². The van der Waals surface area contributed by atoms with E-state index in [2.05, 4.69) is 0 Å². The van der Waals surface area contributed by atoms with Crippen LogP contribution in [0.2, 0.25) is 10.0 Å². The van der Waals surface area contributed by atoms with Crippen molar-refractivity contribution in [2.45, 2.75) is 31.1 Å². The van der Waals surface area contributed by atoms with Crippen molar-refractivity contribution in [3.8, 4) is 0 Å². The fourth-order valence-corrected chi connectivity index (χ4v) is 3.70. The summed E-state index contributed by atoms with van der Waals surface area (Å²) < 4.78 is 17.8. The standard InChI is InChI=1S/C13H16Cl2O2S/c1-9(10-4-5-12(14)13(15)7-10)18(16)8-11-3-2-6-17-11/h4-5,7,9,11H,2-3,6,8H2,1H3/t9-,11-,18-/m1/s1. The molecule has 0 aliphatic carbocycles. The maximum absolute atomic E-state index is 12.3. The fourth-order valence-electron chi connectivity index (χ4n) is 2.02. The van der Waals surface area contributed by atoms with Gasteiger partial charge in [0.1, 0.15) is 0 Å². The molecule has 0 amide bonds. The average Bonchev–Trinajstić information content (AvgIpc) is 2.84. The molecule has 0 saturated carbocycles. The Balaban J connectivity index is 2.02. The van der Waals surface area contributed by atoms with Crippen molar-refractivity contribution in [1.82, 2.24) is 0 Å². The van der Waals surface area contributed by atoms with E-state index >= 15 is 0 Å². The summed E-state index contributed by atoms with van der Waals surface area (Å²) in [6.45, 7) is 2.74. The Morgan fingerprint density at radius 3 is 2.83 bits per heavy atom. The molecule has 0 radical (unpaired) electrons. The van der Waals surface area contributed by atoms with E-state index in [0.717, 1.165) is 25.0 Å². The van der Waals surface area contributed by atoms with E-state index in [1.54, 1.807) is 12.1 Å². The Morgan fingerprint density at radius 2 is 2.22 bits per heavy atom. The summed E-state index contributed by atoms with van der Waals surface area (Å²) in [5.41, 5.74) is 0.959. The molecule has 1 aromatic rings. The molecule has 1 aromatic carbocycles. The topological polar surface area (TPSA) is 26.3 Å². The highest BCUT2D eigenvalue weighted by Crippen LogP contribution is 2.28. The lowest BCUT2D eigenvalue weighted by molar-refractivity contribution is 0.128. The van der Waals surface area contributed by atoms with Gasteiger partial charge in [-0.2, -0.15) is 0 Å². The lowest BCUT2D eigenvalue weighted by atomic mass is 10.2. The third-order valence-corrected chi connectivity index (χ3v) is 5.68. The molecule has 5 heteroatoms. The SMILES string of the molecule is C[C@H](c1ccc(Cl)c(Cl)c1)[S@](=O)C[C@H]1CCCO1. The van der Waals surface area contributed by atoms with E-state index in [1.165, 1.54) is 0 Å². The molecule has 0 aromatic heterocycles.